The van der Waals surface area contributed by atoms with Gasteiger partial charge in [-0.1, -0.05) is 16.8 Å². The van der Waals surface area contributed by atoms with Crippen molar-refractivity contribution in [3.63, 3.8) is 0 Å². The minimum atomic E-state index is -0.258. The number of aromatic nitrogens is 4. The van der Waals surface area contributed by atoms with Crippen LogP contribution in [0.25, 0.3) is 10.2 Å². The highest BCUT2D eigenvalue weighted by Gasteiger charge is 2.13. The second kappa shape index (κ2) is 5.76. The number of carbonyl (C=O) groups excluding carboxylic acids is 1. The van der Waals surface area contributed by atoms with Crippen molar-refractivity contribution in [2.75, 3.05) is 5.32 Å². The van der Waals surface area contributed by atoms with Gasteiger partial charge in [0.25, 0.3) is 0 Å². The molecule has 0 bridgehead atoms. The molecule has 3 rings (SSSR count). The quantitative estimate of drug-likeness (QED) is 0.760. The third-order valence-corrected chi connectivity index (χ3v) is 3.93. The summed E-state index contributed by atoms with van der Waals surface area (Å²) in [5.41, 5.74) is 8.98. The number of halogens is 1. The molecule has 0 saturated carbocycles. The number of nitrogens with two attached hydrogens (primary N) is 1. The van der Waals surface area contributed by atoms with E-state index in [4.69, 9.17) is 17.3 Å². The highest BCUT2D eigenvalue weighted by molar-refractivity contribution is 7.16. The van der Waals surface area contributed by atoms with Crippen LogP contribution in [0.1, 0.15) is 5.69 Å². The predicted octanol–water partition coefficient (Wildman–Crippen LogP) is 1.64. The van der Waals surface area contributed by atoms with Gasteiger partial charge in [-0.15, -0.1) is 16.4 Å². The van der Waals surface area contributed by atoms with E-state index in [0.29, 0.717) is 21.9 Å². The maximum atomic E-state index is 12.1. The van der Waals surface area contributed by atoms with Crippen molar-refractivity contribution in [2.45, 2.75) is 13.1 Å². The van der Waals surface area contributed by atoms with Crippen molar-refractivity contribution in [3.05, 3.63) is 34.6 Å². The number of thiazole rings is 1. The molecule has 0 fully saturated rings. The van der Waals surface area contributed by atoms with Gasteiger partial charge in [0.1, 0.15) is 12.1 Å². The number of fused-ring (bicyclic) bond motifs is 1. The molecule has 108 valence electrons. The van der Waals surface area contributed by atoms with Crippen LogP contribution in [0.5, 0.6) is 0 Å². The fraction of sp³-hybridized carbons (Fsp3) is 0.167. The number of carbonyl (C=O) groups is 1. The van der Waals surface area contributed by atoms with Crippen molar-refractivity contribution < 1.29 is 4.79 Å². The summed E-state index contributed by atoms with van der Waals surface area (Å²) in [7, 11) is 0. The first kappa shape index (κ1) is 13.9. The molecule has 7 nitrogen and oxygen atoms in total. The smallest absolute Gasteiger partial charge is 0.246 e. The third-order valence-electron chi connectivity index (χ3n) is 2.82. The Hall–Kier alpha value is -2.03. The van der Waals surface area contributed by atoms with Crippen LogP contribution in [-0.2, 0) is 17.9 Å². The minimum absolute atomic E-state index is 0.0316. The molecular weight excluding hydrogens is 312 g/mol. The fourth-order valence-corrected chi connectivity index (χ4v) is 2.75. The number of benzene rings is 1. The second-order valence-corrected chi connectivity index (χ2v) is 5.57. The average Bonchev–Trinajstić information content (AvgIpc) is 3.10. The first-order valence-electron chi connectivity index (χ1n) is 6.08. The molecule has 2 heterocycles. The molecule has 0 radical (unpaired) electrons. The molecule has 3 N–H and O–H groups in total. The lowest BCUT2D eigenvalue weighted by atomic mass is 10.3. The van der Waals surface area contributed by atoms with Crippen molar-refractivity contribution in [3.8, 4) is 0 Å². The minimum Gasteiger partial charge on any atom is -0.325 e. The summed E-state index contributed by atoms with van der Waals surface area (Å²) in [6.45, 7) is 0.315. The number of nitrogens with one attached hydrogen (secondary N) is 1. The van der Waals surface area contributed by atoms with Crippen molar-refractivity contribution in [1.82, 2.24) is 20.0 Å². The molecule has 0 aliphatic carbocycles. The predicted molar refractivity (Wildman–Crippen MR) is 81.2 cm³/mol. The van der Waals surface area contributed by atoms with Crippen molar-refractivity contribution >= 4 is 44.7 Å². The summed E-state index contributed by atoms with van der Waals surface area (Å²) < 4.78 is 2.38. The van der Waals surface area contributed by atoms with Gasteiger partial charge in [-0.25, -0.2) is 9.67 Å². The van der Waals surface area contributed by atoms with Crippen LogP contribution in [0.4, 0.5) is 5.69 Å². The third kappa shape index (κ3) is 2.87. The van der Waals surface area contributed by atoms with Gasteiger partial charge in [0.15, 0.2) is 0 Å². The number of hydrogen-bond acceptors (Lipinski definition) is 6. The fourth-order valence-electron chi connectivity index (χ4n) is 1.86. The van der Waals surface area contributed by atoms with Gasteiger partial charge in [-0.05, 0) is 12.1 Å². The molecule has 0 saturated heterocycles. The number of amides is 1. The number of nitrogens with zero attached hydrogens (tertiary/aromatic N) is 4. The topological polar surface area (TPSA) is 98.7 Å². The molecule has 0 aliphatic heterocycles. The van der Waals surface area contributed by atoms with Gasteiger partial charge in [-0.3, -0.25) is 4.79 Å². The first-order valence-corrected chi connectivity index (χ1v) is 7.34. The molecule has 9 heteroatoms. The Morgan fingerprint density at radius 2 is 2.33 bits per heavy atom. The van der Waals surface area contributed by atoms with E-state index < -0.39 is 0 Å². The highest BCUT2D eigenvalue weighted by Crippen LogP contribution is 2.32. The standard InChI is InChI=1S/C12H11ClN6OS/c13-8-1-2-9-12(15-6-21-9)11(8)16-10(20)5-19-4-7(3-14)17-18-19/h1-2,4,6H,3,5,14H2,(H,16,20). The molecule has 1 aromatic carbocycles. The van der Waals surface area contributed by atoms with E-state index in [1.807, 2.05) is 6.07 Å². The monoisotopic (exact) mass is 322 g/mol. The van der Waals surface area contributed by atoms with Gasteiger partial charge in [-0.2, -0.15) is 0 Å². The van der Waals surface area contributed by atoms with E-state index in [1.165, 1.54) is 16.0 Å². The highest BCUT2D eigenvalue weighted by atomic mass is 35.5. The van der Waals surface area contributed by atoms with E-state index in [0.717, 1.165) is 4.70 Å². The maximum Gasteiger partial charge on any atom is 0.246 e. The summed E-state index contributed by atoms with van der Waals surface area (Å²) >= 11 is 7.62. The lowest BCUT2D eigenvalue weighted by Gasteiger charge is -2.07. The van der Waals surface area contributed by atoms with E-state index in [2.05, 4.69) is 20.6 Å². The van der Waals surface area contributed by atoms with Gasteiger partial charge in [0, 0.05) is 6.54 Å². The largest absolute Gasteiger partial charge is 0.325 e. The van der Waals surface area contributed by atoms with Gasteiger partial charge in [0.2, 0.25) is 5.91 Å². The zero-order valence-corrected chi connectivity index (χ0v) is 12.4. The van der Waals surface area contributed by atoms with Crippen LogP contribution < -0.4 is 11.1 Å². The van der Waals surface area contributed by atoms with Crippen LogP contribution in [0.3, 0.4) is 0 Å². The van der Waals surface area contributed by atoms with E-state index in [-0.39, 0.29) is 19.0 Å². The zero-order valence-electron chi connectivity index (χ0n) is 10.8. The Morgan fingerprint density at radius 1 is 1.48 bits per heavy atom. The lowest BCUT2D eigenvalue weighted by molar-refractivity contribution is -0.116. The van der Waals surface area contributed by atoms with Gasteiger partial charge >= 0.3 is 0 Å². The Labute approximate surface area is 128 Å². The SMILES string of the molecule is NCc1cn(CC(=O)Nc2c(Cl)ccc3scnc23)nn1. The second-order valence-electron chi connectivity index (χ2n) is 4.28. The molecule has 21 heavy (non-hydrogen) atoms. The van der Waals surface area contributed by atoms with Crippen LogP contribution in [-0.4, -0.2) is 25.9 Å². The molecule has 2 aromatic heterocycles. The van der Waals surface area contributed by atoms with Crippen LogP contribution in [0.15, 0.2) is 23.8 Å². The van der Waals surface area contributed by atoms with E-state index in [9.17, 15) is 4.79 Å². The Bertz CT molecular complexity index is 798. The molecule has 0 unspecified atom stereocenters. The maximum absolute atomic E-state index is 12.1. The Morgan fingerprint density at radius 3 is 3.10 bits per heavy atom. The lowest BCUT2D eigenvalue weighted by Crippen LogP contribution is -2.19. The van der Waals surface area contributed by atoms with Crippen LogP contribution in [0.2, 0.25) is 5.02 Å². The summed E-state index contributed by atoms with van der Waals surface area (Å²) in [6.07, 6.45) is 1.63. The molecular formula is C12H11ClN6OS. The molecule has 0 atom stereocenters. The number of rotatable bonds is 4. The summed E-state index contributed by atoms with van der Waals surface area (Å²) in [4.78, 5) is 16.3. The number of anilines is 1. The van der Waals surface area contributed by atoms with Crippen LogP contribution >= 0.6 is 22.9 Å². The normalized spacial score (nSPS) is 11.0. The van der Waals surface area contributed by atoms with Gasteiger partial charge < -0.3 is 11.1 Å². The molecule has 0 spiro atoms. The van der Waals surface area contributed by atoms with Crippen molar-refractivity contribution in [2.24, 2.45) is 5.73 Å². The Balaban J connectivity index is 1.79. The van der Waals surface area contributed by atoms with Gasteiger partial charge in [0.05, 0.1) is 32.8 Å². The Kier molecular flexibility index (Phi) is 3.82. The van der Waals surface area contributed by atoms with E-state index >= 15 is 0 Å². The molecule has 0 aliphatic rings. The van der Waals surface area contributed by atoms with E-state index in [1.54, 1.807) is 17.8 Å². The average molecular weight is 323 g/mol. The van der Waals surface area contributed by atoms with Crippen molar-refractivity contribution in [1.29, 1.82) is 0 Å². The van der Waals surface area contributed by atoms with Crippen LogP contribution in [0, 0.1) is 0 Å². The summed E-state index contributed by atoms with van der Waals surface area (Å²) in [5.74, 6) is -0.258. The molecule has 1 amide bonds. The first-order chi connectivity index (χ1) is 10.2. The summed E-state index contributed by atoms with van der Waals surface area (Å²) in [6, 6.07) is 3.61. The number of hydrogen-bond donors (Lipinski definition) is 2. The zero-order chi connectivity index (χ0) is 14.8. The summed E-state index contributed by atoms with van der Waals surface area (Å²) in [5, 5.41) is 10.9. The molecule has 3 aromatic rings.